The van der Waals surface area contributed by atoms with E-state index in [2.05, 4.69) is 5.32 Å². The van der Waals surface area contributed by atoms with Crippen LogP contribution in [0, 0.1) is 15.5 Å². The van der Waals surface area contributed by atoms with Crippen molar-refractivity contribution in [2.75, 3.05) is 0 Å². The van der Waals surface area contributed by atoms with Gasteiger partial charge in [0.15, 0.2) is 5.41 Å². The number of hydrogen-bond donors (Lipinski definition) is 2. The summed E-state index contributed by atoms with van der Waals surface area (Å²) in [5, 5.41) is 22.1. The van der Waals surface area contributed by atoms with Crippen molar-refractivity contribution in [3.8, 4) is 0 Å². The van der Waals surface area contributed by atoms with E-state index in [1.54, 1.807) is 0 Å². The van der Waals surface area contributed by atoms with Gasteiger partial charge in [0.05, 0.1) is 4.92 Å². The highest BCUT2D eigenvalue weighted by Gasteiger charge is 2.53. The van der Waals surface area contributed by atoms with Crippen LogP contribution in [0.25, 0.3) is 0 Å². The number of ether oxygens (including phenoxy) is 2. The Bertz CT molecular complexity index is 752. The first-order valence-electron chi connectivity index (χ1n) is 8.12. The molecule has 0 aliphatic carbocycles. The van der Waals surface area contributed by atoms with Crippen molar-refractivity contribution in [1.82, 2.24) is 5.32 Å². The molecule has 1 atom stereocenters. The van der Waals surface area contributed by atoms with Crippen LogP contribution in [-0.4, -0.2) is 39.9 Å². The molecule has 1 saturated heterocycles. The Kier molecular flexibility index (Phi) is 5.38. The molecule has 146 valence electrons. The molecular weight excluding hydrogens is 360 g/mol. The highest BCUT2D eigenvalue weighted by atomic mass is 16.7. The quantitative estimate of drug-likeness (QED) is 0.330. The molecule has 0 saturated carbocycles. The fraction of sp³-hybridized carbons (Fsp3) is 0.471. The zero-order valence-corrected chi connectivity index (χ0v) is 15.1. The smallest absolute Gasteiger partial charge is 0.404 e. The number of hydrogen-bond acceptors (Lipinski definition) is 7. The number of rotatable bonds is 6. The number of esters is 2. The van der Waals surface area contributed by atoms with Gasteiger partial charge in [-0.3, -0.25) is 19.7 Å². The molecule has 10 heteroatoms. The molecule has 1 aromatic rings. The fourth-order valence-corrected chi connectivity index (χ4v) is 2.82. The van der Waals surface area contributed by atoms with E-state index in [0.29, 0.717) is 5.56 Å². The number of nitro benzene ring substituents is 1. The predicted octanol–water partition coefficient (Wildman–Crippen LogP) is 2.01. The van der Waals surface area contributed by atoms with Gasteiger partial charge in [-0.05, 0) is 25.3 Å². The van der Waals surface area contributed by atoms with Crippen LogP contribution in [0.3, 0.4) is 0 Å². The minimum absolute atomic E-state index is 0.102. The van der Waals surface area contributed by atoms with Gasteiger partial charge in [0.25, 0.3) is 11.5 Å². The molecule has 1 heterocycles. The third-order valence-corrected chi connectivity index (χ3v) is 4.19. The Balaban J connectivity index is 2.21. The first kappa shape index (κ1) is 20.1. The van der Waals surface area contributed by atoms with Crippen molar-refractivity contribution in [2.24, 2.45) is 5.41 Å². The number of carboxylic acid groups (broad SMARTS) is 1. The van der Waals surface area contributed by atoms with Gasteiger partial charge in [-0.15, -0.1) is 0 Å². The summed E-state index contributed by atoms with van der Waals surface area (Å²) in [5.74, 6) is -2.99. The summed E-state index contributed by atoms with van der Waals surface area (Å²) < 4.78 is 10.3. The molecule has 0 bridgehead atoms. The van der Waals surface area contributed by atoms with Crippen LogP contribution >= 0.6 is 0 Å². The van der Waals surface area contributed by atoms with E-state index in [9.17, 15) is 24.5 Å². The lowest BCUT2D eigenvalue weighted by Crippen LogP contribution is -2.55. The molecule has 1 aromatic carbocycles. The Morgan fingerprint density at radius 2 is 1.70 bits per heavy atom. The predicted molar refractivity (Wildman–Crippen MR) is 90.7 cm³/mol. The highest BCUT2D eigenvalue weighted by molar-refractivity contribution is 6.01. The van der Waals surface area contributed by atoms with Crippen LogP contribution in [0.4, 0.5) is 10.5 Å². The average molecular weight is 380 g/mol. The lowest BCUT2D eigenvalue weighted by Gasteiger charge is -2.39. The highest BCUT2D eigenvalue weighted by Crippen LogP contribution is 2.36. The summed E-state index contributed by atoms with van der Waals surface area (Å²) in [6.07, 6.45) is -1.41. The number of non-ortho nitro benzene ring substituents is 1. The minimum atomic E-state index is -1.68. The molecule has 0 spiro atoms. The molecule has 2 N–H and O–H groups in total. The molecule has 0 aromatic heterocycles. The van der Waals surface area contributed by atoms with Crippen LogP contribution in [-0.2, 0) is 25.5 Å². The lowest BCUT2D eigenvalue weighted by molar-refractivity contribution is -0.384. The number of carbonyl (C=O) groups is 3. The van der Waals surface area contributed by atoms with E-state index < -0.39 is 40.2 Å². The Morgan fingerprint density at radius 1 is 1.19 bits per heavy atom. The van der Waals surface area contributed by atoms with Gasteiger partial charge in [-0.1, -0.05) is 12.1 Å². The van der Waals surface area contributed by atoms with Crippen LogP contribution in [0.1, 0.15) is 32.8 Å². The minimum Gasteiger partial charge on any atom is -0.465 e. The van der Waals surface area contributed by atoms with Gasteiger partial charge < -0.3 is 19.9 Å². The molecule has 1 fully saturated rings. The topological polar surface area (TPSA) is 145 Å². The fourth-order valence-electron chi connectivity index (χ4n) is 2.82. The van der Waals surface area contributed by atoms with E-state index >= 15 is 0 Å². The zero-order valence-electron chi connectivity index (χ0n) is 15.1. The molecule has 10 nitrogen and oxygen atoms in total. The van der Waals surface area contributed by atoms with E-state index in [1.165, 1.54) is 45.0 Å². The first-order chi connectivity index (χ1) is 12.4. The third-order valence-electron chi connectivity index (χ3n) is 4.19. The first-order valence-corrected chi connectivity index (χ1v) is 8.12. The maximum Gasteiger partial charge on any atom is 0.404 e. The SMILES string of the molecule is CC1(C)OC(=O)C(C)(C[C@H](Cc2ccc([N+](=O)[O-])cc2)NC(=O)O)C(=O)O1. The molecule has 2 rings (SSSR count). The largest absolute Gasteiger partial charge is 0.465 e. The van der Waals surface area contributed by atoms with Crippen molar-refractivity contribution in [3.05, 3.63) is 39.9 Å². The summed E-state index contributed by atoms with van der Waals surface area (Å²) in [7, 11) is 0. The van der Waals surface area contributed by atoms with Crippen molar-refractivity contribution < 1.29 is 33.9 Å². The molecule has 1 amide bonds. The van der Waals surface area contributed by atoms with Gasteiger partial charge >= 0.3 is 18.0 Å². The second-order valence-corrected chi connectivity index (χ2v) is 6.99. The molecule has 0 unspecified atom stereocenters. The van der Waals surface area contributed by atoms with Gasteiger partial charge in [0.2, 0.25) is 0 Å². The number of nitrogens with zero attached hydrogens (tertiary/aromatic N) is 1. The van der Waals surface area contributed by atoms with Gasteiger partial charge in [-0.25, -0.2) is 4.79 Å². The Labute approximate surface area is 154 Å². The number of cyclic esters (lactones) is 2. The summed E-state index contributed by atoms with van der Waals surface area (Å²) in [6.45, 7) is 4.18. The summed E-state index contributed by atoms with van der Waals surface area (Å²) in [5.41, 5.74) is -1.18. The van der Waals surface area contributed by atoms with E-state index in [0.717, 1.165) is 0 Å². The van der Waals surface area contributed by atoms with Gasteiger partial charge in [0.1, 0.15) is 0 Å². The molecule has 1 aliphatic heterocycles. The van der Waals surface area contributed by atoms with Crippen LogP contribution < -0.4 is 5.32 Å². The molecule has 0 radical (unpaired) electrons. The lowest BCUT2D eigenvalue weighted by atomic mass is 9.81. The van der Waals surface area contributed by atoms with Crippen molar-refractivity contribution in [3.63, 3.8) is 0 Å². The number of nitrogens with one attached hydrogen (secondary N) is 1. The number of amides is 1. The van der Waals surface area contributed by atoms with Crippen LogP contribution in [0.5, 0.6) is 0 Å². The Hall–Kier alpha value is -3.17. The molecule has 1 aliphatic rings. The maximum atomic E-state index is 12.4. The van der Waals surface area contributed by atoms with Crippen LogP contribution in [0.15, 0.2) is 24.3 Å². The third kappa shape index (κ3) is 4.72. The standard InChI is InChI=1S/C17H20N2O8/c1-16(2)26-13(20)17(3,14(21)27-16)9-11(18-15(22)23)8-10-4-6-12(7-5-10)19(24)25/h4-7,11,18H,8-9H2,1-3H3,(H,22,23)/t11-/m0/s1. The van der Waals surface area contributed by atoms with Crippen molar-refractivity contribution >= 4 is 23.7 Å². The van der Waals surface area contributed by atoms with Crippen molar-refractivity contribution in [2.45, 2.75) is 45.4 Å². The second-order valence-electron chi connectivity index (χ2n) is 6.99. The molecule has 27 heavy (non-hydrogen) atoms. The second kappa shape index (κ2) is 7.22. The monoisotopic (exact) mass is 380 g/mol. The summed E-state index contributed by atoms with van der Waals surface area (Å²) >= 11 is 0. The van der Waals surface area contributed by atoms with Gasteiger partial charge in [0, 0.05) is 32.0 Å². The average Bonchev–Trinajstić information content (AvgIpc) is 2.52. The van der Waals surface area contributed by atoms with E-state index in [-0.39, 0.29) is 18.5 Å². The maximum absolute atomic E-state index is 12.4. The van der Waals surface area contributed by atoms with E-state index in [4.69, 9.17) is 14.6 Å². The molecular formula is C17H20N2O8. The van der Waals surface area contributed by atoms with E-state index in [1.807, 2.05) is 0 Å². The number of carbonyl (C=O) groups excluding carboxylic acids is 2. The normalized spacial score (nSPS) is 18.8. The zero-order chi connectivity index (χ0) is 20.4. The summed E-state index contributed by atoms with van der Waals surface area (Å²) in [6, 6.07) is 4.73. The van der Waals surface area contributed by atoms with Gasteiger partial charge in [-0.2, -0.15) is 0 Å². The van der Waals surface area contributed by atoms with Crippen LogP contribution in [0.2, 0.25) is 0 Å². The summed E-state index contributed by atoms with van der Waals surface area (Å²) in [4.78, 5) is 46.0. The number of nitro groups is 1. The van der Waals surface area contributed by atoms with Crippen molar-refractivity contribution in [1.29, 1.82) is 0 Å². The Morgan fingerprint density at radius 3 is 2.15 bits per heavy atom. The number of benzene rings is 1.